The fourth-order valence-corrected chi connectivity index (χ4v) is 3.79. The van der Waals surface area contributed by atoms with Gasteiger partial charge in [-0.2, -0.15) is 0 Å². The standard InChI is InChI=1S/C22H25Cl2NO3/c1-25(9-8-21(26)14-6-7-19(23)20(24)12-14)13-16-11-18(16)22(27)15-4-3-5-17(10-15)28-2/h3-7,10,12,16,18,21,26H,8-9,11,13H2,1-2H3/t16-,18+,21?/m1/s1. The van der Waals surface area contributed by atoms with E-state index in [2.05, 4.69) is 4.90 Å². The van der Waals surface area contributed by atoms with Gasteiger partial charge in [-0.3, -0.25) is 4.79 Å². The van der Waals surface area contributed by atoms with Crippen molar-refractivity contribution in [3.63, 3.8) is 0 Å². The first-order chi connectivity index (χ1) is 13.4. The molecule has 0 spiro atoms. The predicted octanol–water partition coefficient (Wildman–Crippen LogP) is 4.88. The van der Waals surface area contributed by atoms with Crippen LogP contribution in [0, 0.1) is 11.8 Å². The number of methoxy groups -OCH3 is 1. The van der Waals surface area contributed by atoms with Crippen molar-refractivity contribution in [1.82, 2.24) is 4.90 Å². The molecule has 0 radical (unpaired) electrons. The van der Waals surface area contributed by atoms with Gasteiger partial charge in [0.15, 0.2) is 5.78 Å². The third-order valence-corrected chi connectivity index (χ3v) is 6.01. The van der Waals surface area contributed by atoms with Crippen molar-refractivity contribution < 1.29 is 14.6 Å². The van der Waals surface area contributed by atoms with Crippen LogP contribution in [0.4, 0.5) is 0 Å². The van der Waals surface area contributed by atoms with Crippen LogP contribution in [0.2, 0.25) is 10.0 Å². The monoisotopic (exact) mass is 421 g/mol. The Balaban J connectivity index is 1.46. The van der Waals surface area contributed by atoms with Crippen LogP contribution in [0.5, 0.6) is 5.75 Å². The highest BCUT2D eigenvalue weighted by atomic mass is 35.5. The fraction of sp³-hybridized carbons (Fsp3) is 0.409. The van der Waals surface area contributed by atoms with Gasteiger partial charge in [-0.05, 0) is 55.6 Å². The molecule has 1 unspecified atom stereocenters. The molecular formula is C22H25Cl2NO3. The molecule has 1 aliphatic rings. The van der Waals surface area contributed by atoms with Crippen molar-refractivity contribution in [1.29, 1.82) is 0 Å². The van der Waals surface area contributed by atoms with E-state index >= 15 is 0 Å². The second-order valence-electron chi connectivity index (χ2n) is 7.44. The maximum Gasteiger partial charge on any atom is 0.166 e. The van der Waals surface area contributed by atoms with Gasteiger partial charge in [-0.15, -0.1) is 0 Å². The number of ether oxygens (including phenoxy) is 1. The third kappa shape index (κ3) is 5.26. The Morgan fingerprint density at radius 1 is 1.25 bits per heavy atom. The molecule has 1 fully saturated rings. The first-order valence-corrected chi connectivity index (χ1v) is 10.1. The SMILES string of the molecule is COc1cccc(C(=O)[C@H]2C[C@@H]2CN(C)CCC(O)c2ccc(Cl)c(Cl)c2)c1. The molecular weight excluding hydrogens is 397 g/mol. The van der Waals surface area contributed by atoms with Gasteiger partial charge < -0.3 is 14.7 Å². The van der Waals surface area contributed by atoms with Gasteiger partial charge in [-0.1, -0.05) is 41.4 Å². The van der Waals surface area contributed by atoms with Gasteiger partial charge in [0.2, 0.25) is 0 Å². The van der Waals surface area contributed by atoms with Gasteiger partial charge in [0.05, 0.1) is 23.3 Å². The van der Waals surface area contributed by atoms with Crippen LogP contribution in [0.25, 0.3) is 0 Å². The molecule has 1 aliphatic carbocycles. The molecule has 1 saturated carbocycles. The van der Waals surface area contributed by atoms with Gasteiger partial charge in [-0.25, -0.2) is 0 Å². The number of aliphatic hydroxyl groups is 1. The molecule has 2 aromatic rings. The fourth-order valence-electron chi connectivity index (χ4n) is 3.48. The molecule has 0 amide bonds. The number of halogens is 2. The summed E-state index contributed by atoms with van der Waals surface area (Å²) in [7, 11) is 3.62. The number of ketones is 1. The van der Waals surface area contributed by atoms with Crippen LogP contribution < -0.4 is 4.74 Å². The van der Waals surface area contributed by atoms with Gasteiger partial charge in [0.1, 0.15) is 5.75 Å². The lowest BCUT2D eigenvalue weighted by Gasteiger charge is -2.19. The lowest BCUT2D eigenvalue weighted by atomic mass is 10.1. The Morgan fingerprint density at radius 2 is 2.04 bits per heavy atom. The first-order valence-electron chi connectivity index (χ1n) is 9.39. The van der Waals surface area contributed by atoms with Gasteiger partial charge >= 0.3 is 0 Å². The topological polar surface area (TPSA) is 49.8 Å². The average molecular weight is 422 g/mol. The van der Waals surface area contributed by atoms with E-state index in [1.807, 2.05) is 25.2 Å². The number of hydrogen-bond acceptors (Lipinski definition) is 4. The molecule has 2 aromatic carbocycles. The van der Waals surface area contributed by atoms with E-state index in [4.69, 9.17) is 27.9 Å². The smallest absolute Gasteiger partial charge is 0.166 e. The van der Waals surface area contributed by atoms with Crippen LogP contribution >= 0.6 is 23.2 Å². The van der Waals surface area contributed by atoms with Crippen molar-refractivity contribution in [3.05, 3.63) is 63.6 Å². The van der Waals surface area contributed by atoms with E-state index in [0.717, 1.165) is 25.1 Å². The Morgan fingerprint density at radius 3 is 2.75 bits per heavy atom. The molecule has 0 saturated heterocycles. The first kappa shape index (κ1) is 21.1. The van der Waals surface area contributed by atoms with Crippen molar-refractivity contribution in [3.8, 4) is 5.75 Å². The molecule has 3 rings (SSSR count). The van der Waals surface area contributed by atoms with E-state index in [0.29, 0.717) is 33.7 Å². The lowest BCUT2D eigenvalue weighted by molar-refractivity contribution is 0.0955. The molecule has 1 N–H and O–H groups in total. The second-order valence-corrected chi connectivity index (χ2v) is 8.25. The number of carbonyl (C=O) groups is 1. The number of nitrogens with zero attached hydrogens (tertiary/aromatic N) is 1. The molecule has 3 atom stereocenters. The molecule has 6 heteroatoms. The van der Waals surface area contributed by atoms with Crippen LogP contribution in [0.15, 0.2) is 42.5 Å². The van der Waals surface area contributed by atoms with Gasteiger partial charge in [0.25, 0.3) is 0 Å². The number of hydrogen-bond donors (Lipinski definition) is 1. The maximum absolute atomic E-state index is 12.6. The summed E-state index contributed by atoms with van der Waals surface area (Å²) in [6, 6.07) is 12.5. The van der Waals surface area contributed by atoms with E-state index in [1.54, 1.807) is 31.4 Å². The van der Waals surface area contributed by atoms with Crippen molar-refractivity contribution in [2.75, 3.05) is 27.2 Å². The number of Topliss-reactive ketones (excluding diaryl/α,β-unsaturated/α-hetero) is 1. The van der Waals surface area contributed by atoms with E-state index in [-0.39, 0.29) is 11.7 Å². The highest BCUT2D eigenvalue weighted by Gasteiger charge is 2.43. The summed E-state index contributed by atoms with van der Waals surface area (Å²) >= 11 is 11.9. The normalized spacial score (nSPS) is 19.5. The lowest BCUT2D eigenvalue weighted by Crippen LogP contribution is -2.24. The number of aliphatic hydroxyl groups excluding tert-OH is 1. The number of benzene rings is 2. The van der Waals surface area contributed by atoms with E-state index in [9.17, 15) is 9.90 Å². The largest absolute Gasteiger partial charge is 0.497 e. The third-order valence-electron chi connectivity index (χ3n) is 5.27. The van der Waals surface area contributed by atoms with Crippen molar-refractivity contribution >= 4 is 29.0 Å². The van der Waals surface area contributed by atoms with Crippen molar-refractivity contribution in [2.45, 2.75) is 18.9 Å². The Bertz CT molecular complexity index is 842. The summed E-state index contributed by atoms with van der Waals surface area (Å²) in [5, 5.41) is 11.3. The molecule has 28 heavy (non-hydrogen) atoms. The second kappa shape index (κ2) is 9.27. The molecule has 0 aromatic heterocycles. The van der Waals surface area contributed by atoms with Crippen LogP contribution in [-0.2, 0) is 0 Å². The minimum atomic E-state index is -0.592. The van der Waals surface area contributed by atoms with Crippen LogP contribution in [-0.4, -0.2) is 43.0 Å². The minimum Gasteiger partial charge on any atom is -0.497 e. The van der Waals surface area contributed by atoms with E-state index < -0.39 is 6.10 Å². The zero-order valence-corrected chi connectivity index (χ0v) is 17.6. The summed E-state index contributed by atoms with van der Waals surface area (Å²) in [5.41, 5.74) is 1.48. The van der Waals surface area contributed by atoms with E-state index in [1.165, 1.54) is 0 Å². The molecule has 0 heterocycles. The summed E-state index contributed by atoms with van der Waals surface area (Å²) in [5.74, 6) is 1.34. The summed E-state index contributed by atoms with van der Waals surface area (Å²) in [6.07, 6.45) is 0.913. The number of carbonyl (C=O) groups excluding carboxylic acids is 1. The number of rotatable bonds is 9. The highest BCUT2D eigenvalue weighted by molar-refractivity contribution is 6.42. The molecule has 150 valence electrons. The highest BCUT2D eigenvalue weighted by Crippen LogP contribution is 2.41. The zero-order valence-electron chi connectivity index (χ0n) is 16.1. The minimum absolute atomic E-state index is 0.0783. The molecule has 4 nitrogen and oxygen atoms in total. The summed E-state index contributed by atoms with van der Waals surface area (Å²) < 4.78 is 5.20. The maximum atomic E-state index is 12.6. The predicted molar refractivity (Wildman–Crippen MR) is 112 cm³/mol. The Hall–Kier alpha value is -1.59. The Labute approximate surface area is 176 Å². The van der Waals surface area contributed by atoms with Crippen molar-refractivity contribution in [2.24, 2.45) is 11.8 Å². The summed E-state index contributed by atoms with van der Waals surface area (Å²) in [4.78, 5) is 14.8. The average Bonchev–Trinajstić information content (AvgIpc) is 3.46. The quantitative estimate of drug-likeness (QED) is 0.586. The van der Waals surface area contributed by atoms with Gasteiger partial charge in [0, 0.05) is 24.6 Å². The Kier molecular flexibility index (Phi) is 7.00. The molecule has 0 aliphatic heterocycles. The van der Waals surface area contributed by atoms with Crippen LogP contribution in [0.1, 0.15) is 34.9 Å². The van der Waals surface area contributed by atoms with Crippen LogP contribution in [0.3, 0.4) is 0 Å². The zero-order chi connectivity index (χ0) is 20.3. The summed E-state index contributed by atoms with van der Waals surface area (Å²) in [6.45, 7) is 1.58. The molecule has 0 bridgehead atoms.